The van der Waals surface area contributed by atoms with Crippen LogP contribution in [-0.2, 0) is 107 Å². The topological polar surface area (TPSA) is 221 Å². The molecule has 10 saturated heterocycles. The smallest absolute Gasteiger partial charge is 0.207 e. The lowest BCUT2D eigenvalue weighted by Crippen LogP contribution is -2.79. The highest BCUT2D eigenvalue weighted by Gasteiger charge is 2.80. The first-order valence-corrected chi connectivity index (χ1v) is 50.1. The number of nitrogens with zero attached hydrogens (tertiary/aromatic N) is 5. The molecule has 10 spiro atoms. The Morgan fingerprint density at radius 3 is 0.992 bits per heavy atom. The van der Waals surface area contributed by atoms with E-state index in [1.807, 2.05) is 6.07 Å². The number of benzene rings is 5. The lowest BCUT2D eigenvalue weighted by Gasteiger charge is -2.65. The van der Waals surface area contributed by atoms with E-state index in [4.69, 9.17) is 94.7 Å². The van der Waals surface area contributed by atoms with Crippen LogP contribution in [0.3, 0.4) is 0 Å². The van der Waals surface area contributed by atoms with Gasteiger partial charge in [-0.05, 0) is 280 Å². The summed E-state index contributed by atoms with van der Waals surface area (Å²) in [5, 5.41) is 12.2. The van der Waals surface area contributed by atoms with Gasteiger partial charge in [0, 0.05) is 112 Å². The van der Waals surface area contributed by atoms with Gasteiger partial charge in [-0.25, -0.2) is 0 Å². The summed E-state index contributed by atoms with van der Waals surface area (Å²) >= 11 is 0. The number of rotatable bonds is 5. The first-order chi connectivity index (χ1) is 63.5. The molecule has 14 unspecified atom stereocenters. The maximum atomic E-state index is 12.2. The van der Waals surface area contributed by atoms with Crippen LogP contribution < -0.4 is 47.4 Å². The van der Waals surface area contributed by atoms with Gasteiger partial charge < -0.3 is 124 Å². The van der Waals surface area contributed by atoms with Crippen LogP contribution in [-0.4, -0.2) is 293 Å². The van der Waals surface area contributed by atoms with E-state index < -0.39 is 40.0 Å². The Balaban J connectivity index is 0.0000000860. The molecule has 706 valence electrons. The highest BCUT2D eigenvalue weighted by molar-refractivity contribution is 5.68. The maximum absolute atomic E-state index is 12.2. The minimum absolute atomic E-state index is 0.00303. The molecule has 15 fully saturated rings. The molecule has 10 bridgehead atoms. The van der Waals surface area contributed by atoms with Gasteiger partial charge in [-0.15, -0.1) is 0 Å². The Labute approximate surface area is 770 Å². The molecule has 26 nitrogen and oxygen atoms in total. The Kier molecular flexibility index (Phi) is 19.3. The normalized spacial score (nSPS) is 42.7. The molecule has 0 amide bonds. The summed E-state index contributed by atoms with van der Waals surface area (Å²) in [5.74, 6) is 7.99. The lowest BCUT2D eigenvalue weighted by molar-refractivity contribution is -0.350. The fourth-order valence-corrected chi connectivity index (χ4v) is 33.9. The van der Waals surface area contributed by atoms with E-state index in [1.54, 1.807) is 35.5 Å². The van der Waals surface area contributed by atoms with Gasteiger partial charge >= 0.3 is 0 Å². The van der Waals surface area contributed by atoms with Crippen LogP contribution in [0.15, 0.2) is 60.7 Å². The van der Waals surface area contributed by atoms with Crippen LogP contribution in [0.1, 0.15) is 186 Å². The van der Waals surface area contributed by atoms with Gasteiger partial charge in [-0.1, -0.05) is 30.3 Å². The summed E-state index contributed by atoms with van der Waals surface area (Å²) in [5.41, 5.74) is 12.4. The van der Waals surface area contributed by atoms with E-state index in [0.29, 0.717) is 93.7 Å². The second kappa shape index (κ2) is 29.8. The first-order valence-electron chi connectivity index (χ1n) is 50.1. The fraction of sp³-hybridized carbons (Fsp3) is 0.714. The third-order valence-corrected chi connectivity index (χ3v) is 39.3. The zero-order valence-electron chi connectivity index (χ0n) is 79.0. The van der Waals surface area contributed by atoms with Gasteiger partial charge in [-0.3, -0.25) is 0 Å². The van der Waals surface area contributed by atoms with Gasteiger partial charge in [0.2, 0.25) is 28.9 Å². The van der Waals surface area contributed by atoms with Gasteiger partial charge in [0.15, 0.2) is 88.0 Å². The quantitative estimate of drug-likeness (QED) is 0.173. The predicted octanol–water partition coefficient (Wildman–Crippen LogP) is 11.6. The predicted molar refractivity (Wildman–Crippen MR) is 480 cm³/mol. The molecule has 26 heteroatoms. The SMILES string of the molecule is COc1ccc2c3c1OC1C4(CCC5(O)[C@@H](C2)N(C)CC[C@]315)OCCCO4.COc1ccc2c3c1OC1C4(CCC5[C@@H](C2)N(C)CC[C@@]351)OC(C)C(C)O4.COc1ccc2c3c1OC1C4(CCC5[C@@H](C2)N(C)CC[C@@]351)OCC(C)O4.COc1ccc2c3c1OC1C4(CCC5[C@@H](C2)N(C)CC[C@@]351)OCCCO4.COc1ccc2c3c1OC1C4(CCC5[C@@H](C2)N(C)CC[C@@]351)OCCO4. The van der Waals surface area contributed by atoms with Crippen LogP contribution in [0.5, 0.6) is 57.5 Å². The molecule has 25 aliphatic rings. The molecule has 5 aromatic carbocycles. The molecule has 10 aliphatic carbocycles. The summed E-state index contributed by atoms with van der Waals surface area (Å²) in [6.07, 6.45) is 21.7. The summed E-state index contributed by atoms with van der Waals surface area (Å²) < 4.78 is 126. The number of hydrogen-bond acceptors (Lipinski definition) is 26. The average molecular weight is 1800 g/mol. The molecule has 15 heterocycles. The molecule has 15 aliphatic heterocycles. The number of likely N-dealkylation sites (N-methyl/N-ethyl adjacent to an activating group) is 5. The van der Waals surface area contributed by atoms with E-state index >= 15 is 0 Å². The number of methoxy groups -OCH3 is 5. The van der Waals surface area contributed by atoms with Crippen molar-refractivity contribution < 1.29 is 99.8 Å². The maximum Gasteiger partial charge on any atom is 0.207 e. The Hall–Kier alpha value is -6.54. The van der Waals surface area contributed by atoms with Crippen LogP contribution in [0, 0.1) is 23.7 Å². The minimum Gasteiger partial charge on any atom is -0.493 e. The molecule has 1 N–H and O–H groups in total. The van der Waals surface area contributed by atoms with Crippen molar-refractivity contribution in [1.29, 1.82) is 0 Å². The van der Waals surface area contributed by atoms with Crippen molar-refractivity contribution in [3.05, 3.63) is 116 Å². The molecule has 5 aromatic rings. The highest BCUT2D eigenvalue weighted by atomic mass is 16.8. The van der Waals surface area contributed by atoms with Crippen LogP contribution in [0.4, 0.5) is 0 Å². The molecule has 131 heavy (non-hydrogen) atoms. The molecule has 0 aromatic heterocycles. The molecule has 0 radical (unpaired) electrons. The van der Waals surface area contributed by atoms with Gasteiger partial charge in [0.25, 0.3) is 0 Å². The molecular weight excluding hydrogens is 1670 g/mol. The second-order valence-electron chi connectivity index (χ2n) is 44.0. The molecular formula is C105H135N5O21. The van der Waals surface area contributed by atoms with Gasteiger partial charge in [-0.2, -0.15) is 0 Å². The van der Waals surface area contributed by atoms with Gasteiger partial charge in [0.1, 0.15) is 0 Å². The first kappa shape index (κ1) is 84.9. The number of fused-ring (bicyclic) bond motifs is 5. The summed E-state index contributed by atoms with van der Waals surface area (Å²) in [6, 6.07) is 23.9. The Bertz CT molecular complexity index is 5280. The number of aliphatic hydroxyl groups is 1. The van der Waals surface area contributed by atoms with Crippen molar-refractivity contribution in [3.8, 4) is 57.5 Å². The second-order valence-corrected chi connectivity index (χ2v) is 44.0. The largest absolute Gasteiger partial charge is 0.493 e. The summed E-state index contributed by atoms with van der Waals surface area (Å²) in [7, 11) is 19.9. The van der Waals surface area contributed by atoms with Crippen molar-refractivity contribution in [3.63, 3.8) is 0 Å². The van der Waals surface area contributed by atoms with Crippen LogP contribution >= 0.6 is 0 Å². The number of hydrogen-bond donors (Lipinski definition) is 1. The standard InChI is InChI=1S/C22H29NO4.C21H27NO5.2C21H27NO4.C20H25NO4/c1-12-13(2)27-22(26-12)8-7-15-16-11-14-5-6-17(24-4)19-18(14)21(15,20(22)25-19)9-10-23(16)3;1-22-9-8-19-16-13-4-5-14(24-2)17(16)27-18(19)21(25-10-3-11-26-21)7-6-20(19,23)15(22)12-13;1-12-11-24-21(26-12)7-6-14-15-10-13-4-5-16(23-3)18-17(13)20(14,19(21)25-18)8-9-22(15)2;1-22-9-8-20-14-6-7-21(24-10-3-11-25-21)19(20)26-18-16(23-2)5-4-13(17(18)20)12-15(14)22;1-21-8-7-19-13-5-6-20(23-9-10-24-20)18(19)25-17-15(22-2)4-3-12(16(17)19)11-14(13)21/h5-6,12-13,15-16,20H,7-11H2,1-4H3;4-5,15,18,23H,3,6-12H2,1-2H3;4-5,12,14-15,19H,6-11H2,1-3H3;4-5,14-15,19H,3,6-12H2,1-2H3;3-4,13-14,18H,5-11H2,1-2H3/t12?,13?,15?,16-,20?,21+,22?;15-,18?,19+,20?;12?,14?,15-,19?,20+,21?;14?,15-,19?,20+;13?,14-,18?,19+/m11111/s1. The van der Waals surface area contributed by atoms with Crippen molar-refractivity contribution in [2.75, 3.05) is 150 Å². The fourth-order valence-electron chi connectivity index (χ4n) is 33.9. The Morgan fingerprint density at radius 1 is 0.313 bits per heavy atom. The van der Waals surface area contributed by atoms with Crippen molar-refractivity contribution in [2.24, 2.45) is 23.7 Å². The third-order valence-electron chi connectivity index (χ3n) is 39.3. The Morgan fingerprint density at radius 2 is 0.626 bits per heavy atom. The van der Waals surface area contributed by atoms with E-state index in [1.165, 1.54) is 50.1 Å². The van der Waals surface area contributed by atoms with Crippen molar-refractivity contribution in [2.45, 2.75) is 303 Å². The van der Waals surface area contributed by atoms with E-state index in [9.17, 15) is 5.11 Å². The molecule has 5 saturated carbocycles. The summed E-state index contributed by atoms with van der Waals surface area (Å²) in [6.45, 7) is 16.6. The van der Waals surface area contributed by atoms with Crippen LogP contribution in [0.2, 0.25) is 0 Å². The average Bonchev–Trinajstić information content (AvgIpc) is 1.06. The number of likely N-dealkylation sites (tertiary alicyclic amines) is 5. The highest BCUT2D eigenvalue weighted by Crippen LogP contribution is 2.74. The lowest BCUT2D eigenvalue weighted by atomic mass is 9.48. The van der Waals surface area contributed by atoms with Gasteiger partial charge in [0.05, 0.1) is 111 Å². The zero-order chi connectivity index (χ0) is 89.0. The van der Waals surface area contributed by atoms with E-state index in [-0.39, 0.29) is 76.5 Å². The molecule has 30 rings (SSSR count). The van der Waals surface area contributed by atoms with Crippen molar-refractivity contribution in [1.82, 2.24) is 24.5 Å². The number of piperidine rings is 5. The number of ether oxygens (including phenoxy) is 20. The van der Waals surface area contributed by atoms with Crippen LogP contribution in [0.25, 0.3) is 0 Å². The monoisotopic (exact) mass is 1800 g/mol. The summed E-state index contributed by atoms with van der Waals surface area (Å²) in [4.78, 5) is 12.6. The van der Waals surface area contributed by atoms with Crippen molar-refractivity contribution >= 4 is 0 Å². The van der Waals surface area contributed by atoms with E-state index in [2.05, 4.69) is 135 Å². The zero-order valence-corrected chi connectivity index (χ0v) is 79.0. The van der Waals surface area contributed by atoms with E-state index in [0.717, 1.165) is 237 Å². The molecule has 24 atom stereocenters. The minimum atomic E-state index is -0.843. The third kappa shape index (κ3) is 10.9.